The van der Waals surface area contributed by atoms with Crippen molar-refractivity contribution in [3.63, 3.8) is 0 Å². The van der Waals surface area contributed by atoms with E-state index in [-0.39, 0.29) is 0 Å². The van der Waals surface area contributed by atoms with Gasteiger partial charge >= 0.3 is 0 Å². The zero-order valence-corrected chi connectivity index (χ0v) is 13.0. The van der Waals surface area contributed by atoms with Crippen molar-refractivity contribution in [1.82, 2.24) is 0 Å². The highest BCUT2D eigenvalue weighted by atomic mass is 16.5. The van der Waals surface area contributed by atoms with E-state index in [2.05, 4.69) is 57.3 Å². The minimum absolute atomic E-state index is 0.851. The molecule has 0 aliphatic carbocycles. The molecule has 2 heteroatoms. The van der Waals surface area contributed by atoms with Gasteiger partial charge in [-0.15, -0.1) is 0 Å². The number of hydrogen-bond donors (Lipinski definition) is 1. The number of nitrogens with one attached hydrogen (secondary N) is 1. The molecule has 0 bridgehead atoms. The predicted octanol–water partition coefficient (Wildman–Crippen LogP) is 4.54. The highest BCUT2D eigenvalue weighted by molar-refractivity contribution is 5.52. The van der Waals surface area contributed by atoms with Crippen LogP contribution in [0.15, 0.2) is 30.3 Å². The SMILES string of the molecule is COc1ccc(NCc2c(C)cc(C)cc2C)cc1C. The number of benzene rings is 2. The van der Waals surface area contributed by atoms with E-state index in [0.29, 0.717) is 0 Å². The highest BCUT2D eigenvalue weighted by Crippen LogP contribution is 2.23. The van der Waals surface area contributed by atoms with Crippen molar-refractivity contribution in [1.29, 1.82) is 0 Å². The van der Waals surface area contributed by atoms with Gasteiger partial charge in [-0.05, 0) is 68.1 Å². The Morgan fingerprint density at radius 1 is 0.900 bits per heavy atom. The first kappa shape index (κ1) is 14.4. The Hall–Kier alpha value is -1.96. The summed E-state index contributed by atoms with van der Waals surface area (Å²) in [7, 11) is 1.70. The van der Waals surface area contributed by atoms with E-state index in [1.807, 2.05) is 6.07 Å². The van der Waals surface area contributed by atoms with Crippen molar-refractivity contribution >= 4 is 5.69 Å². The molecule has 2 aromatic carbocycles. The average Bonchev–Trinajstić information content (AvgIpc) is 2.37. The minimum atomic E-state index is 0.851. The number of rotatable bonds is 4. The number of ether oxygens (including phenoxy) is 1. The lowest BCUT2D eigenvalue weighted by Gasteiger charge is -2.14. The first-order chi connectivity index (χ1) is 9.51. The molecule has 0 aliphatic heterocycles. The maximum atomic E-state index is 5.29. The standard InChI is InChI=1S/C18H23NO/c1-12-8-13(2)17(14(3)9-12)11-19-16-6-7-18(20-5)15(4)10-16/h6-10,19H,11H2,1-5H3. The number of aryl methyl sites for hydroxylation is 4. The summed E-state index contributed by atoms with van der Waals surface area (Å²) in [5.74, 6) is 0.929. The van der Waals surface area contributed by atoms with Gasteiger partial charge in [0.05, 0.1) is 7.11 Å². The van der Waals surface area contributed by atoms with Crippen molar-refractivity contribution in [2.45, 2.75) is 34.2 Å². The van der Waals surface area contributed by atoms with Gasteiger partial charge in [0.15, 0.2) is 0 Å². The Bertz CT molecular complexity index is 594. The first-order valence-corrected chi connectivity index (χ1v) is 6.96. The molecule has 0 radical (unpaired) electrons. The Kier molecular flexibility index (Phi) is 4.33. The maximum Gasteiger partial charge on any atom is 0.121 e. The van der Waals surface area contributed by atoms with Crippen molar-refractivity contribution < 1.29 is 4.74 Å². The molecule has 2 rings (SSSR count). The topological polar surface area (TPSA) is 21.3 Å². The third kappa shape index (κ3) is 3.13. The number of methoxy groups -OCH3 is 1. The molecular weight excluding hydrogens is 246 g/mol. The van der Waals surface area contributed by atoms with Gasteiger partial charge in [-0.1, -0.05) is 17.7 Å². The zero-order valence-electron chi connectivity index (χ0n) is 13.0. The Balaban J connectivity index is 2.15. The summed E-state index contributed by atoms with van der Waals surface area (Å²) >= 11 is 0. The summed E-state index contributed by atoms with van der Waals surface area (Å²) < 4.78 is 5.29. The van der Waals surface area contributed by atoms with Crippen LogP contribution in [0.5, 0.6) is 5.75 Å². The quantitative estimate of drug-likeness (QED) is 0.879. The highest BCUT2D eigenvalue weighted by Gasteiger charge is 2.05. The third-order valence-electron chi connectivity index (χ3n) is 3.70. The molecule has 0 saturated heterocycles. The van der Waals surface area contributed by atoms with Gasteiger partial charge in [0.1, 0.15) is 5.75 Å². The fraction of sp³-hybridized carbons (Fsp3) is 0.333. The van der Waals surface area contributed by atoms with Crippen LogP contribution in [0, 0.1) is 27.7 Å². The van der Waals surface area contributed by atoms with Gasteiger partial charge in [0.2, 0.25) is 0 Å². The van der Waals surface area contributed by atoms with Gasteiger partial charge in [0, 0.05) is 12.2 Å². The van der Waals surface area contributed by atoms with Crippen LogP contribution in [0.4, 0.5) is 5.69 Å². The van der Waals surface area contributed by atoms with Crippen molar-refractivity contribution in [2.24, 2.45) is 0 Å². The average molecular weight is 269 g/mol. The molecule has 0 aromatic heterocycles. The molecule has 2 nitrogen and oxygen atoms in total. The molecule has 2 aromatic rings. The Labute approximate surface area is 121 Å². The first-order valence-electron chi connectivity index (χ1n) is 6.96. The molecule has 0 spiro atoms. The van der Waals surface area contributed by atoms with Gasteiger partial charge in [-0.25, -0.2) is 0 Å². The molecule has 1 N–H and O–H groups in total. The molecule has 0 fully saturated rings. The Morgan fingerprint density at radius 2 is 1.55 bits per heavy atom. The van der Waals surface area contributed by atoms with E-state index in [0.717, 1.165) is 23.5 Å². The summed E-state index contributed by atoms with van der Waals surface area (Å²) in [5, 5.41) is 3.50. The van der Waals surface area contributed by atoms with Crippen LogP contribution >= 0.6 is 0 Å². The smallest absolute Gasteiger partial charge is 0.121 e. The van der Waals surface area contributed by atoms with Gasteiger partial charge < -0.3 is 10.1 Å². The van der Waals surface area contributed by atoms with Crippen molar-refractivity contribution in [3.05, 3.63) is 58.1 Å². The van der Waals surface area contributed by atoms with Gasteiger partial charge in [-0.2, -0.15) is 0 Å². The van der Waals surface area contributed by atoms with Crippen LogP contribution < -0.4 is 10.1 Å². The van der Waals surface area contributed by atoms with Crippen LogP contribution in [-0.4, -0.2) is 7.11 Å². The largest absolute Gasteiger partial charge is 0.496 e. The maximum absolute atomic E-state index is 5.29. The van der Waals surface area contributed by atoms with Crippen molar-refractivity contribution in [2.75, 3.05) is 12.4 Å². The van der Waals surface area contributed by atoms with Crippen LogP contribution in [0.25, 0.3) is 0 Å². The molecule has 0 amide bonds. The van der Waals surface area contributed by atoms with E-state index < -0.39 is 0 Å². The second-order valence-electron chi connectivity index (χ2n) is 5.42. The molecule has 0 heterocycles. The lowest BCUT2D eigenvalue weighted by Crippen LogP contribution is -2.04. The van der Waals surface area contributed by atoms with Crippen LogP contribution in [-0.2, 0) is 6.54 Å². The van der Waals surface area contributed by atoms with E-state index in [1.165, 1.54) is 22.3 Å². The second kappa shape index (κ2) is 6.00. The fourth-order valence-corrected chi connectivity index (χ4v) is 2.67. The predicted molar refractivity (Wildman–Crippen MR) is 85.7 cm³/mol. The summed E-state index contributed by atoms with van der Waals surface area (Å²) in [5.41, 5.74) is 7.67. The summed E-state index contributed by atoms with van der Waals surface area (Å²) in [4.78, 5) is 0. The lowest BCUT2D eigenvalue weighted by molar-refractivity contribution is 0.412. The van der Waals surface area contributed by atoms with E-state index >= 15 is 0 Å². The molecular formula is C18H23NO. The molecule has 106 valence electrons. The summed E-state index contributed by atoms with van der Waals surface area (Å²) in [6.45, 7) is 9.41. The number of hydrogen-bond acceptors (Lipinski definition) is 2. The van der Waals surface area contributed by atoms with E-state index in [9.17, 15) is 0 Å². The van der Waals surface area contributed by atoms with Crippen LogP contribution in [0.2, 0.25) is 0 Å². The molecule has 20 heavy (non-hydrogen) atoms. The third-order valence-corrected chi connectivity index (χ3v) is 3.70. The normalized spacial score (nSPS) is 10.4. The number of anilines is 1. The van der Waals surface area contributed by atoms with E-state index in [4.69, 9.17) is 4.74 Å². The van der Waals surface area contributed by atoms with Crippen molar-refractivity contribution in [3.8, 4) is 5.75 Å². The monoisotopic (exact) mass is 269 g/mol. The lowest BCUT2D eigenvalue weighted by atomic mass is 10.00. The Morgan fingerprint density at radius 3 is 2.10 bits per heavy atom. The fourth-order valence-electron chi connectivity index (χ4n) is 2.67. The zero-order chi connectivity index (χ0) is 14.7. The van der Waals surface area contributed by atoms with Gasteiger partial charge in [0.25, 0.3) is 0 Å². The van der Waals surface area contributed by atoms with E-state index in [1.54, 1.807) is 7.11 Å². The second-order valence-corrected chi connectivity index (χ2v) is 5.42. The molecule has 0 saturated carbocycles. The summed E-state index contributed by atoms with van der Waals surface area (Å²) in [6, 6.07) is 10.7. The minimum Gasteiger partial charge on any atom is -0.496 e. The molecule has 0 aliphatic rings. The van der Waals surface area contributed by atoms with Crippen LogP contribution in [0.1, 0.15) is 27.8 Å². The van der Waals surface area contributed by atoms with Crippen LogP contribution in [0.3, 0.4) is 0 Å². The molecule has 0 unspecified atom stereocenters. The molecule has 0 atom stereocenters. The summed E-state index contributed by atoms with van der Waals surface area (Å²) in [6.07, 6.45) is 0. The van der Waals surface area contributed by atoms with Gasteiger partial charge in [-0.3, -0.25) is 0 Å².